The maximum absolute atomic E-state index is 12.0. The van der Waals surface area contributed by atoms with E-state index in [0.717, 1.165) is 30.5 Å². The lowest BCUT2D eigenvalue weighted by Crippen LogP contribution is -2.25. The number of hydrogen-bond acceptors (Lipinski definition) is 3. The summed E-state index contributed by atoms with van der Waals surface area (Å²) in [6, 6.07) is 5.36. The number of anilines is 2. The summed E-state index contributed by atoms with van der Waals surface area (Å²) in [6.07, 6.45) is 2.89. The van der Waals surface area contributed by atoms with Crippen LogP contribution in [0.5, 0.6) is 0 Å². The van der Waals surface area contributed by atoms with Crippen LogP contribution in [0.1, 0.15) is 31.2 Å². The van der Waals surface area contributed by atoms with Gasteiger partial charge in [-0.15, -0.1) is 0 Å². The third-order valence-corrected chi connectivity index (χ3v) is 5.67. The Morgan fingerprint density at radius 2 is 2.05 bits per heavy atom. The number of sulfonamides is 1. The van der Waals surface area contributed by atoms with Crippen molar-refractivity contribution in [2.45, 2.75) is 37.9 Å². The molecule has 0 bridgehead atoms. The summed E-state index contributed by atoms with van der Waals surface area (Å²) in [7, 11) is -3.26. The van der Waals surface area contributed by atoms with Crippen LogP contribution in [0.2, 0.25) is 0 Å². The van der Waals surface area contributed by atoms with E-state index < -0.39 is 10.0 Å². The SMILES string of the molecule is Cc1ccc(NS(=O)(=O)C2CC2)cc1N1CCCC1=O. The number of benzene rings is 1. The second-order valence-corrected chi connectivity index (χ2v) is 7.46. The molecule has 1 aromatic carbocycles. The second-order valence-electron chi connectivity index (χ2n) is 5.50. The third-order valence-electron chi connectivity index (χ3n) is 3.80. The molecule has 1 aliphatic heterocycles. The summed E-state index contributed by atoms with van der Waals surface area (Å²) in [5, 5.41) is -0.249. The Hall–Kier alpha value is -1.56. The molecule has 1 N–H and O–H groups in total. The van der Waals surface area contributed by atoms with Crippen LogP contribution < -0.4 is 9.62 Å². The van der Waals surface area contributed by atoms with Gasteiger partial charge in [0, 0.05) is 18.7 Å². The molecule has 1 saturated heterocycles. The molecule has 0 unspecified atom stereocenters. The summed E-state index contributed by atoms with van der Waals surface area (Å²) in [6.45, 7) is 2.64. The highest BCUT2D eigenvalue weighted by molar-refractivity contribution is 7.93. The molecule has 0 atom stereocenters. The Morgan fingerprint density at radius 3 is 2.65 bits per heavy atom. The molecule has 1 saturated carbocycles. The van der Waals surface area contributed by atoms with Crippen LogP contribution in [0, 0.1) is 6.92 Å². The normalized spacial score (nSPS) is 19.4. The zero-order valence-electron chi connectivity index (χ0n) is 11.4. The molecular weight excluding hydrogens is 276 g/mol. The van der Waals surface area contributed by atoms with Gasteiger partial charge in [0.1, 0.15) is 0 Å². The molecule has 2 aliphatic rings. The molecule has 1 amide bonds. The van der Waals surface area contributed by atoms with Gasteiger partial charge in [0.25, 0.3) is 0 Å². The molecule has 0 radical (unpaired) electrons. The first-order chi connectivity index (χ1) is 9.47. The average molecular weight is 294 g/mol. The molecule has 1 aromatic rings. The molecule has 108 valence electrons. The number of rotatable bonds is 4. The van der Waals surface area contributed by atoms with E-state index in [9.17, 15) is 13.2 Å². The van der Waals surface area contributed by atoms with Crippen molar-refractivity contribution in [2.24, 2.45) is 0 Å². The maximum Gasteiger partial charge on any atom is 0.235 e. The zero-order valence-corrected chi connectivity index (χ0v) is 12.2. The summed E-state index contributed by atoms with van der Waals surface area (Å²) in [5.41, 5.74) is 2.33. The highest BCUT2D eigenvalue weighted by Crippen LogP contribution is 2.32. The van der Waals surface area contributed by atoms with Crippen LogP contribution in [0.4, 0.5) is 11.4 Å². The van der Waals surface area contributed by atoms with Gasteiger partial charge in [0.2, 0.25) is 15.9 Å². The molecule has 0 spiro atoms. The van der Waals surface area contributed by atoms with Crippen molar-refractivity contribution in [2.75, 3.05) is 16.2 Å². The number of hydrogen-bond donors (Lipinski definition) is 1. The van der Waals surface area contributed by atoms with E-state index >= 15 is 0 Å². The minimum Gasteiger partial charge on any atom is -0.312 e. The summed E-state index contributed by atoms with van der Waals surface area (Å²) < 4.78 is 26.5. The van der Waals surface area contributed by atoms with Gasteiger partial charge in [-0.1, -0.05) is 6.07 Å². The summed E-state index contributed by atoms with van der Waals surface area (Å²) in [4.78, 5) is 13.6. The third kappa shape index (κ3) is 2.52. The number of amides is 1. The molecule has 1 aliphatic carbocycles. The topological polar surface area (TPSA) is 66.5 Å². The van der Waals surface area contributed by atoms with E-state index in [1.54, 1.807) is 17.0 Å². The highest BCUT2D eigenvalue weighted by atomic mass is 32.2. The Kier molecular flexibility index (Phi) is 3.20. The number of aryl methyl sites for hydroxylation is 1. The first kappa shape index (κ1) is 13.4. The van der Waals surface area contributed by atoms with Crippen LogP contribution in [-0.4, -0.2) is 26.1 Å². The van der Waals surface area contributed by atoms with Gasteiger partial charge >= 0.3 is 0 Å². The fourth-order valence-electron chi connectivity index (χ4n) is 2.49. The van der Waals surface area contributed by atoms with E-state index in [1.807, 2.05) is 13.0 Å². The van der Waals surface area contributed by atoms with Crippen LogP contribution >= 0.6 is 0 Å². The Morgan fingerprint density at radius 1 is 1.30 bits per heavy atom. The lowest BCUT2D eigenvalue weighted by Gasteiger charge is -2.19. The molecule has 3 rings (SSSR count). The predicted octanol–water partition coefficient (Wildman–Crippen LogP) is 2.03. The zero-order chi connectivity index (χ0) is 14.3. The van der Waals surface area contributed by atoms with Crippen LogP contribution in [0.3, 0.4) is 0 Å². The lowest BCUT2D eigenvalue weighted by atomic mass is 10.1. The number of carbonyl (C=O) groups is 1. The van der Waals surface area contributed by atoms with Crippen LogP contribution in [0.15, 0.2) is 18.2 Å². The first-order valence-corrected chi connectivity index (χ1v) is 8.45. The van der Waals surface area contributed by atoms with E-state index in [4.69, 9.17) is 0 Å². The molecule has 20 heavy (non-hydrogen) atoms. The van der Waals surface area contributed by atoms with Gasteiger partial charge in [-0.3, -0.25) is 9.52 Å². The van der Waals surface area contributed by atoms with Crippen molar-refractivity contribution in [3.05, 3.63) is 23.8 Å². The highest BCUT2D eigenvalue weighted by Gasteiger charge is 2.35. The van der Waals surface area contributed by atoms with E-state index in [2.05, 4.69) is 4.72 Å². The van der Waals surface area contributed by atoms with Crippen molar-refractivity contribution in [3.63, 3.8) is 0 Å². The lowest BCUT2D eigenvalue weighted by molar-refractivity contribution is -0.117. The molecule has 0 aromatic heterocycles. The fourth-order valence-corrected chi connectivity index (χ4v) is 3.87. The second kappa shape index (κ2) is 4.77. The predicted molar refractivity (Wildman–Crippen MR) is 78.3 cm³/mol. The van der Waals surface area contributed by atoms with Crippen molar-refractivity contribution in [1.29, 1.82) is 0 Å². The van der Waals surface area contributed by atoms with Crippen LogP contribution in [-0.2, 0) is 14.8 Å². The quantitative estimate of drug-likeness (QED) is 0.924. The fraction of sp³-hybridized carbons (Fsp3) is 0.500. The first-order valence-electron chi connectivity index (χ1n) is 6.90. The number of nitrogens with one attached hydrogen (secondary N) is 1. The molecule has 2 fully saturated rings. The van der Waals surface area contributed by atoms with E-state index in [-0.39, 0.29) is 11.2 Å². The summed E-state index contributed by atoms with van der Waals surface area (Å²) >= 11 is 0. The average Bonchev–Trinajstić information content (AvgIpc) is 3.16. The standard InChI is InChI=1S/C14H18N2O3S/c1-10-4-5-11(15-20(18,19)12-6-7-12)9-13(10)16-8-2-3-14(16)17/h4-5,9,12,15H,2-3,6-8H2,1H3. The summed E-state index contributed by atoms with van der Waals surface area (Å²) in [5.74, 6) is 0.107. The van der Waals surface area contributed by atoms with Gasteiger partial charge in [-0.05, 0) is 43.9 Å². The molecular formula is C14H18N2O3S. The Bertz CT molecular complexity index is 650. The van der Waals surface area contributed by atoms with E-state index in [1.165, 1.54) is 0 Å². The minimum atomic E-state index is -3.26. The smallest absolute Gasteiger partial charge is 0.235 e. The van der Waals surface area contributed by atoms with Crippen molar-refractivity contribution < 1.29 is 13.2 Å². The van der Waals surface area contributed by atoms with Gasteiger partial charge in [-0.25, -0.2) is 8.42 Å². The van der Waals surface area contributed by atoms with Gasteiger partial charge in [0.05, 0.1) is 10.9 Å². The van der Waals surface area contributed by atoms with Gasteiger partial charge in [-0.2, -0.15) is 0 Å². The largest absolute Gasteiger partial charge is 0.312 e. The van der Waals surface area contributed by atoms with Crippen molar-refractivity contribution in [3.8, 4) is 0 Å². The monoisotopic (exact) mass is 294 g/mol. The minimum absolute atomic E-state index is 0.107. The maximum atomic E-state index is 12.0. The van der Waals surface area contributed by atoms with Crippen molar-refractivity contribution >= 4 is 27.3 Å². The number of nitrogens with zero attached hydrogens (tertiary/aromatic N) is 1. The Labute approximate surface area is 119 Å². The molecule has 6 heteroatoms. The number of carbonyl (C=O) groups excluding carboxylic acids is 1. The van der Waals surface area contributed by atoms with Crippen LogP contribution in [0.25, 0.3) is 0 Å². The van der Waals surface area contributed by atoms with E-state index in [0.29, 0.717) is 18.7 Å². The Balaban J connectivity index is 1.88. The molecule has 5 nitrogen and oxygen atoms in total. The van der Waals surface area contributed by atoms with Gasteiger partial charge < -0.3 is 4.90 Å². The van der Waals surface area contributed by atoms with Gasteiger partial charge in [0.15, 0.2) is 0 Å². The van der Waals surface area contributed by atoms with Crippen molar-refractivity contribution in [1.82, 2.24) is 0 Å². The molecule has 1 heterocycles.